The van der Waals surface area contributed by atoms with Gasteiger partial charge >= 0.3 is 5.97 Å². The normalized spacial score (nSPS) is 12.2. The quantitative estimate of drug-likeness (QED) is 0.714. The summed E-state index contributed by atoms with van der Waals surface area (Å²) in [6, 6.07) is 7.30. The zero-order valence-corrected chi connectivity index (χ0v) is 14.0. The van der Waals surface area contributed by atoms with Crippen LogP contribution in [0.3, 0.4) is 0 Å². The zero-order chi connectivity index (χ0) is 17.5. The molecule has 1 aromatic heterocycles. The van der Waals surface area contributed by atoms with E-state index in [0.29, 0.717) is 37.3 Å². The van der Waals surface area contributed by atoms with E-state index in [1.165, 1.54) is 6.26 Å². The van der Waals surface area contributed by atoms with Crippen molar-refractivity contribution in [2.75, 3.05) is 26.3 Å². The predicted molar refractivity (Wildman–Crippen MR) is 90.0 cm³/mol. The number of carbonyl (C=O) groups excluding carboxylic acids is 1. The number of benzene rings is 1. The molecule has 24 heavy (non-hydrogen) atoms. The highest BCUT2D eigenvalue weighted by molar-refractivity contribution is 6.05. The summed E-state index contributed by atoms with van der Waals surface area (Å²) in [7, 11) is 0. The average Bonchev–Trinajstić information content (AvgIpc) is 3.00. The van der Waals surface area contributed by atoms with Gasteiger partial charge < -0.3 is 19.2 Å². The summed E-state index contributed by atoms with van der Waals surface area (Å²) in [5.41, 5.74) is 1.10. The molecule has 0 spiro atoms. The predicted octanol–water partition coefficient (Wildman–Crippen LogP) is 3.02. The van der Waals surface area contributed by atoms with Crippen molar-refractivity contribution < 1.29 is 23.8 Å². The number of carboxylic acid groups (broad SMARTS) is 1. The minimum atomic E-state index is -0.922. The highest BCUT2D eigenvalue weighted by Crippen LogP contribution is 2.22. The van der Waals surface area contributed by atoms with Gasteiger partial charge in [0.15, 0.2) is 0 Å². The van der Waals surface area contributed by atoms with Crippen molar-refractivity contribution in [3.05, 3.63) is 36.1 Å². The molecule has 1 atom stereocenters. The van der Waals surface area contributed by atoms with Crippen molar-refractivity contribution in [1.29, 1.82) is 0 Å². The molecule has 1 aromatic carbocycles. The maximum absolute atomic E-state index is 12.9. The monoisotopic (exact) mass is 333 g/mol. The maximum atomic E-state index is 12.9. The molecular formula is C18H23NO5. The summed E-state index contributed by atoms with van der Waals surface area (Å²) in [6.07, 6.45) is 2.09. The van der Waals surface area contributed by atoms with Crippen LogP contribution in [-0.4, -0.2) is 48.2 Å². The number of furan rings is 1. The second-order valence-corrected chi connectivity index (χ2v) is 5.69. The number of para-hydroxylation sites is 1. The average molecular weight is 333 g/mol. The first-order valence-electron chi connectivity index (χ1n) is 8.10. The Morgan fingerprint density at radius 1 is 1.33 bits per heavy atom. The van der Waals surface area contributed by atoms with Crippen LogP contribution < -0.4 is 0 Å². The van der Waals surface area contributed by atoms with Gasteiger partial charge in [-0.3, -0.25) is 9.59 Å². The van der Waals surface area contributed by atoms with Crippen LogP contribution >= 0.6 is 0 Å². The maximum Gasteiger partial charge on any atom is 0.308 e. The first-order valence-corrected chi connectivity index (χ1v) is 8.10. The van der Waals surface area contributed by atoms with E-state index in [1.54, 1.807) is 17.9 Å². The van der Waals surface area contributed by atoms with E-state index < -0.39 is 11.9 Å². The fourth-order valence-corrected chi connectivity index (χ4v) is 2.50. The van der Waals surface area contributed by atoms with Gasteiger partial charge in [-0.25, -0.2) is 0 Å². The summed E-state index contributed by atoms with van der Waals surface area (Å²) >= 11 is 0. The number of hydrogen-bond donors (Lipinski definition) is 1. The molecule has 0 saturated heterocycles. The van der Waals surface area contributed by atoms with E-state index in [-0.39, 0.29) is 12.5 Å². The highest BCUT2D eigenvalue weighted by Gasteiger charge is 2.24. The minimum absolute atomic E-state index is 0.153. The molecule has 1 N–H and O–H groups in total. The molecule has 2 rings (SSSR count). The molecule has 0 aliphatic heterocycles. The first kappa shape index (κ1) is 18.0. The molecule has 0 fully saturated rings. The molecule has 0 bridgehead atoms. The number of rotatable bonds is 9. The van der Waals surface area contributed by atoms with Crippen LogP contribution in [0.5, 0.6) is 0 Å². The van der Waals surface area contributed by atoms with Crippen LogP contribution in [0.2, 0.25) is 0 Å². The van der Waals surface area contributed by atoms with E-state index in [9.17, 15) is 9.59 Å². The van der Waals surface area contributed by atoms with Gasteiger partial charge in [0.2, 0.25) is 0 Å². The molecule has 6 heteroatoms. The largest absolute Gasteiger partial charge is 0.481 e. The lowest BCUT2D eigenvalue weighted by molar-refractivity contribution is -0.141. The highest BCUT2D eigenvalue weighted by atomic mass is 16.5. The van der Waals surface area contributed by atoms with Crippen molar-refractivity contribution >= 4 is 22.8 Å². The number of fused-ring (bicyclic) bond motifs is 1. The lowest BCUT2D eigenvalue weighted by atomic mass is 10.1. The first-order chi connectivity index (χ1) is 11.5. The number of nitrogens with zero attached hydrogens (tertiary/aromatic N) is 1. The molecule has 0 radical (unpaired) electrons. The van der Waals surface area contributed by atoms with Gasteiger partial charge in [-0.15, -0.1) is 0 Å². The van der Waals surface area contributed by atoms with E-state index >= 15 is 0 Å². The fraction of sp³-hybridized carbons (Fsp3) is 0.444. The third-order valence-electron chi connectivity index (χ3n) is 3.84. The van der Waals surface area contributed by atoms with Crippen LogP contribution in [0.1, 0.15) is 30.6 Å². The van der Waals surface area contributed by atoms with Gasteiger partial charge in [-0.05, 0) is 19.4 Å². The summed E-state index contributed by atoms with van der Waals surface area (Å²) in [6.45, 7) is 5.25. The number of carbonyl (C=O) groups is 2. The van der Waals surface area contributed by atoms with Gasteiger partial charge in [0.1, 0.15) is 11.8 Å². The van der Waals surface area contributed by atoms with Crippen molar-refractivity contribution in [3.8, 4) is 0 Å². The summed E-state index contributed by atoms with van der Waals surface area (Å²) < 4.78 is 10.7. The Morgan fingerprint density at radius 3 is 2.79 bits per heavy atom. The number of ether oxygens (including phenoxy) is 1. The summed E-state index contributed by atoms with van der Waals surface area (Å²) in [5.74, 6) is -1.78. The Labute approximate surface area is 141 Å². The van der Waals surface area contributed by atoms with Gasteiger partial charge in [-0.1, -0.05) is 25.1 Å². The minimum Gasteiger partial charge on any atom is -0.481 e. The number of carboxylic acids is 1. The Morgan fingerprint density at radius 2 is 2.08 bits per heavy atom. The lowest BCUT2D eigenvalue weighted by Crippen LogP contribution is -2.38. The standard InChI is InChI=1S/C18H23NO5/c1-3-23-10-6-9-19(11-13(2)18(21)22)17(20)15-12-24-16-8-5-4-7-14(15)16/h4-5,7-8,12-13H,3,6,9-11H2,1-2H3,(H,21,22). The van der Waals surface area contributed by atoms with E-state index in [0.717, 1.165) is 5.39 Å². The summed E-state index contributed by atoms with van der Waals surface area (Å²) in [4.78, 5) is 25.6. The molecule has 1 unspecified atom stereocenters. The fourth-order valence-electron chi connectivity index (χ4n) is 2.50. The zero-order valence-electron chi connectivity index (χ0n) is 14.0. The van der Waals surface area contributed by atoms with Crippen molar-refractivity contribution in [3.63, 3.8) is 0 Å². The molecular weight excluding hydrogens is 310 g/mol. The Balaban J connectivity index is 2.17. The molecule has 1 amide bonds. The van der Waals surface area contributed by atoms with Crippen LogP contribution in [0.25, 0.3) is 11.0 Å². The van der Waals surface area contributed by atoms with E-state index in [1.807, 2.05) is 25.1 Å². The second-order valence-electron chi connectivity index (χ2n) is 5.69. The smallest absolute Gasteiger partial charge is 0.308 e. The van der Waals surface area contributed by atoms with Crippen LogP contribution in [0.4, 0.5) is 0 Å². The summed E-state index contributed by atoms with van der Waals surface area (Å²) in [5, 5.41) is 9.88. The van der Waals surface area contributed by atoms with Crippen LogP contribution in [0.15, 0.2) is 34.9 Å². The van der Waals surface area contributed by atoms with Crippen LogP contribution in [0, 0.1) is 5.92 Å². The van der Waals surface area contributed by atoms with Crippen LogP contribution in [-0.2, 0) is 9.53 Å². The van der Waals surface area contributed by atoms with Crippen molar-refractivity contribution in [2.45, 2.75) is 20.3 Å². The molecule has 0 aliphatic carbocycles. The molecule has 2 aromatic rings. The van der Waals surface area contributed by atoms with Crippen molar-refractivity contribution in [2.24, 2.45) is 5.92 Å². The molecule has 130 valence electrons. The molecule has 1 heterocycles. The topological polar surface area (TPSA) is 80.0 Å². The number of amides is 1. The SMILES string of the molecule is CCOCCCN(CC(C)C(=O)O)C(=O)c1coc2ccccc12. The van der Waals surface area contributed by atoms with Gasteiger partial charge in [0.25, 0.3) is 5.91 Å². The van der Waals surface area contributed by atoms with Crippen molar-refractivity contribution in [1.82, 2.24) is 4.90 Å². The molecule has 6 nitrogen and oxygen atoms in total. The Kier molecular flexibility index (Phi) is 6.37. The van der Waals surface area contributed by atoms with Gasteiger partial charge in [0.05, 0.1) is 11.5 Å². The Bertz CT molecular complexity index is 694. The number of aliphatic carboxylic acids is 1. The van der Waals surface area contributed by atoms with E-state index in [2.05, 4.69) is 0 Å². The number of hydrogen-bond acceptors (Lipinski definition) is 4. The Hall–Kier alpha value is -2.34. The lowest BCUT2D eigenvalue weighted by Gasteiger charge is -2.24. The second kappa shape index (κ2) is 8.49. The van der Waals surface area contributed by atoms with Gasteiger partial charge in [0, 0.05) is 31.7 Å². The van der Waals surface area contributed by atoms with Gasteiger partial charge in [-0.2, -0.15) is 0 Å². The molecule has 0 aliphatic rings. The third kappa shape index (κ3) is 4.35. The van der Waals surface area contributed by atoms with E-state index in [4.69, 9.17) is 14.3 Å². The molecule has 0 saturated carbocycles. The third-order valence-corrected chi connectivity index (χ3v) is 3.84.